The Labute approximate surface area is 125 Å². The van der Waals surface area contributed by atoms with E-state index >= 15 is 0 Å². The summed E-state index contributed by atoms with van der Waals surface area (Å²) >= 11 is 2.02. The van der Waals surface area contributed by atoms with E-state index in [0.29, 0.717) is 6.01 Å². The van der Waals surface area contributed by atoms with Crippen molar-refractivity contribution >= 4 is 28.9 Å². The van der Waals surface area contributed by atoms with E-state index in [1.54, 1.807) is 0 Å². The quantitative estimate of drug-likeness (QED) is 0.539. The van der Waals surface area contributed by atoms with Crippen LogP contribution in [0.1, 0.15) is 0 Å². The zero-order chi connectivity index (χ0) is 13.1. The number of nitrogens with one attached hydrogen (secondary N) is 1. The summed E-state index contributed by atoms with van der Waals surface area (Å²) in [6.07, 6.45) is 0. The summed E-state index contributed by atoms with van der Waals surface area (Å²) in [5.41, 5.74) is 2.92. The van der Waals surface area contributed by atoms with Crippen LogP contribution in [0.5, 0.6) is 0 Å². The topological polar surface area (TPSA) is 38.1 Å². The van der Waals surface area contributed by atoms with Gasteiger partial charge in [-0.25, -0.2) is 0 Å². The molecule has 3 nitrogen and oxygen atoms in total. The molecule has 0 aliphatic heterocycles. The molecule has 94 valence electrons. The minimum Gasteiger partial charge on any atom is -0.422 e. The zero-order valence-electron chi connectivity index (χ0n) is 10.0. The summed E-state index contributed by atoms with van der Waals surface area (Å²) in [6, 6.07) is 20.6. The van der Waals surface area contributed by atoms with Crippen molar-refractivity contribution in [2.24, 2.45) is 0 Å². The second-order valence-corrected chi connectivity index (χ2v) is 4.56. The molecule has 2 aromatic carbocycles. The van der Waals surface area contributed by atoms with Gasteiger partial charge in [-0.05, 0) is 0 Å². The van der Waals surface area contributed by atoms with E-state index in [4.69, 9.17) is 4.42 Å². The molecule has 4 heteroatoms. The molecule has 19 heavy (non-hydrogen) atoms. The van der Waals surface area contributed by atoms with E-state index in [9.17, 15) is 0 Å². The number of rotatable bonds is 3. The van der Waals surface area contributed by atoms with Gasteiger partial charge in [-0.1, -0.05) is 60.7 Å². The van der Waals surface area contributed by atoms with Gasteiger partial charge in [-0.3, -0.25) is 3.53 Å². The highest BCUT2D eigenvalue weighted by molar-refractivity contribution is 14.1. The summed E-state index contributed by atoms with van der Waals surface area (Å²) in [5.74, 6) is 0.783. The Morgan fingerprint density at radius 3 is 2.00 bits per heavy atom. The molecule has 3 rings (SSSR count). The van der Waals surface area contributed by atoms with Crippen LogP contribution < -0.4 is 3.53 Å². The lowest BCUT2D eigenvalue weighted by atomic mass is 10.1. The van der Waals surface area contributed by atoms with Crippen molar-refractivity contribution in [3.8, 4) is 22.6 Å². The average Bonchev–Trinajstić information content (AvgIpc) is 2.93. The molecule has 0 bridgehead atoms. The van der Waals surface area contributed by atoms with Crippen LogP contribution in [-0.2, 0) is 0 Å². The van der Waals surface area contributed by atoms with E-state index in [-0.39, 0.29) is 0 Å². The third kappa shape index (κ3) is 2.49. The Morgan fingerprint density at radius 1 is 0.842 bits per heavy atom. The number of benzene rings is 2. The monoisotopic (exact) mass is 362 g/mol. The molecule has 0 amide bonds. The molecule has 3 aromatic rings. The fourth-order valence-corrected chi connectivity index (χ4v) is 2.17. The first kappa shape index (κ1) is 12.2. The van der Waals surface area contributed by atoms with Gasteiger partial charge in [0, 0.05) is 11.1 Å². The minimum atomic E-state index is 0.512. The van der Waals surface area contributed by atoms with E-state index in [2.05, 4.69) is 8.51 Å². The van der Waals surface area contributed by atoms with Crippen LogP contribution in [0.25, 0.3) is 22.6 Å². The lowest BCUT2D eigenvalue weighted by Gasteiger charge is -2.00. The first-order chi connectivity index (χ1) is 9.38. The highest BCUT2D eigenvalue weighted by Gasteiger charge is 2.15. The maximum absolute atomic E-state index is 5.77. The molecule has 1 heterocycles. The highest BCUT2D eigenvalue weighted by atomic mass is 127. The van der Waals surface area contributed by atoms with Crippen LogP contribution in [-0.4, -0.2) is 4.98 Å². The third-order valence-corrected chi connectivity index (χ3v) is 3.25. The average molecular weight is 362 g/mol. The second-order valence-electron chi connectivity index (χ2n) is 4.02. The summed E-state index contributed by atoms with van der Waals surface area (Å²) < 4.78 is 8.69. The van der Waals surface area contributed by atoms with E-state index in [0.717, 1.165) is 22.6 Å². The third-order valence-electron chi connectivity index (χ3n) is 2.79. The van der Waals surface area contributed by atoms with Gasteiger partial charge in [0.15, 0.2) is 5.76 Å². The Morgan fingerprint density at radius 2 is 1.42 bits per heavy atom. The maximum atomic E-state index is 5.77. The van der Waals surface area contributed by atoms with Gasteiger partial charge < -0.3 is 4.42 Å². The molecular weight excluding hydrogens is 351 g/mol. The van der Waals surface area contributed by atoms with Crippen LogP contribution in [0, 0.1) is 0 Å². The van der Waals surface area contributed by atoms with E-state index in [1.165, 1.54) is 0 Å². The van der Waals surface area contributed by atoms with Crippen molar-refractivity contribution in [2.45, 2.75) is 0 Å². The Hall–Kier alpha value is -1.82. The number of halogens is 1. The number of anilines is 1. The van der Waals surface area contributed by atoms with Gasteiger partial charge >= 0.3 is 6.01 Å². The number of oxazole rings is 1. The number of hydrogen-bond acceptors (Lipinski definition) is 3. The molecule has 0 unspecified atom stereocenters. The fraction of sp³-hybridized carbons (Fsp3) is 0. The van der Waals surface area contributed by atoms with Gasteiger partial charge in [0.05, 0.1) is 22.9 Å². The normalized spacial score (nSPS) is 10.4. The predicted molar refractivity (Wildman–Crippen MR) is 85.0 cm³/mol. The standard InChI is InChI=1S/C15H11IN2O/c16-18-15-17-13(11-7-3-1-4-8-11)14(19-15)12-9-5-2-6-10-12/h1-10H,(H,17,18). The molecule has 1 N–H and O–H groups in total. The van der Waals surface area contributed by atoms with Crippen LogP contribution in [0.4, 0.5) is 6.01 Å². The molecule has 0 radical (unpaired) electrons. The van der Waals surface area contributed by atoms with Crippen LogP contribution in [0.15, 0.2) is 65.1 Å². The summed E-state index contributed by atoms with van der Waals surface area (Å²) in [5, 5.41) is 0. The van der Waals surface area contributed by atoms with Gasteiger partial charge in [-0.2, -0.15) is 4.98 Å². The molecule has 0 aliphatic carbocycles. The summed E-state index contributed by atoms with van der Waals surface area (Å²) in [4.78, 5) is 4.49. The van der Waals surface area contributed by atoms with Crippen molar-refractivity contribution in [1.29, 1.82) is 0 Å². The molecule has 0 saturated carbocycles. The number of nitrogens with zero attached hydrogens (tertiary/aromatic N) is 1. The second kappa shape index (κ2) is 5.44. The zero-order valence-corrected chi connectivity index (χ0v) is 12.2. The maximum Gasteiger partial charge on any atom is 0.304 e. The molecule has 0 spiro atoms. The smallest absolute Gasteiger partial charge is 0.304 e. The van der Waals surface area contributed by atoms with Crippen molar-refractivity contribution in [3.05, 3.63) is 60.7 Å². The minimum absolute atomic E-state index is 0.512. The lowest BCUT2D eigenvalue weighted by molar-refractivity contribution is 0.596. The van der Waals surface area contributed by atoms with Gasteiger partial charge in [-0.15, -0.1) is 0 Å². The van der Waals surface area contributed by atoms with E-state index in [1.807, 2.05) is 83.5 Å². The largest absolute Gasteiger partial charge is 0.422 e. The molecule has 0 fully saturated rings. The molecular formula is C15H11IN2O. The molecule has 0 atom stereocenters. The highest BCUT2D eigenvalue weighted by Crippen LogP contribution is 2.34. The Bertz CT molecular complexity index is 608. The first-order valence-electron chi connectivity index (χ1n) is 5.87. The number of hydrogen-bond donors (Lipinski definition) is 1. The van der Waals surface area contributed by atoms with Crippen LogP contribution in [0.3, 0.4) is 0 Å². The summed E-state index contributed by atoms with van der Waals surface area (Å²) in [7, 11) is 0. The Kier molecular flexibility index (Phi) is 3.50. The fourth-order valence-electron chi connectivity index (χ4n) is 1.94. The van der Waals surface area contributed by atoms with Crippen molar-refractivity contribution in [3.63, 3.8) is 0 Å². The van der Waals surface area contributed by atoms with Gasteiger partial charge in [0.25, 0.3) is 0 Å². The lowest BCUT2D eigenvalue weighted by Crippen LogP contribution is -1.82. The first-order valence-corrected chi connectivity index (χ1v) is 6.94. The van der Waals surface area contributed by atoms with Gasteiger partial charge in [0.2, 0.25) is 0 Å². The van der Waals surface area contributed by atoms with Crippen molar-refractivity contribution < 1.29 is 4.42 Å². The van der Waals surface area contributed by atoms with E-state index < -0.39 is 0 Å². The Balaban J connectivity index is 2.17. The molecule has 0 aliphatic rings. The predicted octanol–water partition coefficient (Wildman–Crippen LogP) is 4.77. The molecule has 0 saturated heterocycles. The number of aromatic nitrogens is 1. The van der Waals surface area contributed by atoms with Crippen LogP contribution >= 0.6 is 22.9 Å². The summed E-state index contributed by atoms with van der Waals surface area (Å²) in [6.45, 7) is 0. The van der Waals surface area contributed by atoms with Gasteiger partial charge in [0.1, 0.15) is 5.69 Å². The SMILES string of the molecule is INc1nc(-c2ccccc2)c(-c2ccccc2)o1. The molecule has 1 aromatic heterocycles. The van der Waals surface area contributed by atoms with Crippen molar-refractivity contribution in [1.82, 2.24) is 4.98 Å². The van der Waals surface area contributed by atoms with Crippen LogP contribution in [0.2, 0.25) is 0 Å². The van der Waals surface area contributed by atoms with Crippen molar-refractivity contribution in [2.75, 3.05) is 3.53 Å².